The van der Waals surface area contributed by atoms with E-state index in [9.17, 15) is 9.59 Å². The highest BCUT2D eigenvalue weighted by molar-refractivity contribution is 5.96. The van der Waals surface area contributed by atoms with Crippen molar-refractivity contribution < 1.29 is 9.53 Å². The fourth-order valence-electron chi connectivity index (χ4n) is 3.38. The molecule has 3 heterocycles. The molecule has 144 valence electrons. The van der Waals surface area contributed by atoms with Gasteiger partial charge in [-0.25, -0.2) is 0 Å². The maximum Gasteiger partial charge on any atom is 0.251 e. The van der Waals surface area contributed by atoms with E-state index >= 15 is 0 Å². The van der Waals surface area contributed by atoms with Crippen LogP contribution < -0.4 is 5.56 Å². The summed E-state index contributed by atoms with van der Waals surface area (Å²) in [4.78, 5) is 34.2. The number of carbonyl (C=O) groups is 1. The van der Waals surface area contributed by atoms with Crippen LogP contribution in [0.2, 0.25) is 0 Å². The molecule has 0 bridgehead atoms. The van der Waals surface area contributed by atoms with Gasteiger partial charge in [0.1, 0.15) is 0 Å². The highest BCUT2D eigenvalue weighted by atomic mass is 16.5. The summed E-state index contributed by atoms with van der Waals surface area (Å²) in [5.41, 5.74) is 3.69. The average molecular weight is 369 g/mol. The Kier molecular flexibility index (Phi) is 6.53. The molecule has 1 N–H and O–H groups in total. The van der Waals surface area contributed by atoms with Crippen LogP contribution in [0.3, 0.4) is 0 Å². The second-order valence-corrected chi connectivity index (χ2v) is 6.93. The molecule has 3 rings (SSSR count). The number of hydrogen-bond acceptors (Lipinski definition) is 5. The van der Waals surface area contributed by atoms with Crippen LogP contribution >= 0.6 is 0 Å². The van der Waals surface area contributed by atoms with E-state index < -0.39 is 0 Å². The molecule has 0 aliphatic carbocycles. The Labute approximate surface area is 159 Å². The second-order valence-electron chi connectivity index (χ2n) is 6.93. The molecule has 0 aromatic carbocycles. The summed E-state index contributed by atoms with van der Waals surface area (Å²) in [5.74, 6) is 0.129. The maximum absolute atomic E-state index is 12.6. The maximum atomic E-state index is 12.6. The van der Waals surface area contributed by atoms with Crippen molar-refractivity contribution in [3.8, 4) is 11.3 Å². The highest BCUT2D eigenvalue weighted by Crippen LogP contribution is 2.21. The SMILES string of the molecule is CCc1cc(-c2cc(C(=O)CCCN3CCOCC3)ccn2)c(C)[nH]c1=O. The summed E-state index contributed by atoms with van der Waals surface area (Å²) in [5, 5.41) is 0. The Bertz CT molecular complexity index is 854. The van der Waals surface area contributed by atoms with Crippen LogP contribution in [0.25, 0.3) is 11.3 Å². The van der Waals surface area contributed by atoms with Gasteiger partial charge in [-0.1, -0.05) is 6.92 Å². The van der Waals surface area contributed by atoms with E-state index in [-0.39, 0.29) is 11.3 Å². The quantitative estimate of drug-likeness (QED) is 0.760. The van der Waals surface area contributed by atoms with Crippen LogP contribution in [0, 0.1) is 6.92 Å². The number of rotatable bonds is 7. The number of nitrogens with zero attached hydrogens (tertiary/aromatic N) is 2. The number of pyridine rings is 2. The van der Waals surface area contributed by atoms with Crippen LogP contribution in [0.1, 0.15) is 41.4 Å². The zero-order chi connectivity index (χ0) is 19.2. The molecule has 6 heteroatoms. The van der Waals surface area contributed by atoms with Gasteiger partial charge in [-0.15, -0.1) is 0 Å². The van der Waals surface area contributed by atoms with E-state index in [0.29, 0.717) is 18.4 Å². The molecule has 27 heavy (non-hydrogen) atoms. The molecule has 0 amide bonds. The van der Waals surface area contributed by atoms with Crippen molar-refractivity contribution in [2.75, 3.05) is 32.8 Å². The Hall–Kier alpha value is -2.31. The zero-order valence-corrected chi connectivity index (χ0v) is 16.1. The molecule has 6 nitrogen and oxygen atoms in total. The first-order valence-electron chi connectivity index (χ1n) is 9.61. The molecular weight excluding hydrogens is 342 g/mol. The van der Waals surface area contributed by atoms with Crippen LogP contribution in [0.5, 0.6) is 0 Å². The van der Waals surface area contributed by atoms with Gasteiger partial charge in [-0.05, 0) is 44.5 Å². The van der Waals surface area contributed by atoms with Gasteiger partial charge in [-0.2, -0.15) is 0 Å². The number of nitrogens with one attached hydrogen (secondary N) is 1. The third-order valence-corrected chi connectivity index (χ3v) is 5.04. The summed E-state index contributed by atoms with van der Waals surface area (Å²) < 4.78 is 5.35. The first kappa shape index (κ1) is 19.5. The molecule has 0 atom stereocenters. The van der Waals surface area contributed by atoms with Crippen molar-refractivity contribution in [2.24, 2.45) is 0 Å². The Morgan fingerprint density at radius 3 is 2.81 bits per heavy atom. The number of morpholine rings is 1. The molecule has 1 fully saturated rings. The largest absolute Gasteiger partial charge is 0.379 e. The summed E-state index contributed by atoms with van der Waals surface area (Å²) in [6, 6.07) is 5.47. The van der Waals surface area contributed by atoms with Crippen molar-refractivity contribution in [3.63, 3.8) is 0 Å². The smallest absolute Gasteiger partial charge is 0.251 e. The molecule has 0 radical (unpaired) electrons. The third kappa shape index (κ3) is 4.90. The number of aromatic nitrogens is 2. The Morgan fingerprint density at radius 1 is 1.30 bits per heavy atom. The molecular formula is C21H27N3O3. The van der Waals surface area contributed by atoms with Crippen molar-refractivity contribution in [3.05, 3.63) is 51.6 Å². The number of ether oxygens (including phenoxy) is 1. The lowest BCUT2D eigenvalue weighted by molar-refractivity contribution is 0.0371. The zero-order valence-electron chi connectivity index (χ0n) is 16.1. The van der Waals surface area contributed by atoms with Crippen molar-refractivity contribution in [2.45, 2.75) is 33.1 Å². The summed E-state index contributed by atoms with van der Waals surface area (Å²) in [6.45, 7) is 8.17. The fraction of sp³-hybridized carbons (Fsp3) is 0.476. The molecule has 0 unspecified atom stereocenters. The molecule has 1 aliphatic heterocycles. The van der Waals surface area contributed by atoms with Crippen LogP contribution in [-0.2, 0) is 11.2 Å². The minimum absolute atomic E-state index is 0.0610. The van der Waals surface area contributed by atoms with Crippen LogP contribution in [0.4, 0.5) is 0 Å². The van der Waals surface area contributed by atoms with Crippen molar-refractivity contribution in [1.82, 2.24) is 14.9 Å². The van der Waals surface area contributed by atoms with E-state index in [1.165, 1.54) is 0 Å². The predicted molar refractivity (Wildman–Crippen MR) is 105 cm³/mol. The lowest BCUT2D eigenvalue weighted by Crippen LogP contribution is -2.36. The van der Waals surface area contributed by atoms with Gasteiger partial charge in [0, 0.05) is 48.1 Å². The lowest BCUT2D eigenvalue weighted by Gasteiger charge is -2.26. The van der Waals surface area contributed by atoms with Crippen molar-refractivity contribution >= 4 is 5.78 Å². The lowest BCUT2D eigenvalue weighted by atomic mass is 10.0. The van der Waals surface area contributed by atoms with Crippen molar-refractivity contribution in [1.29, 1.82) is 0 Å². The van der Waals surface area contributed by atoms with Gasteiger partial charge in [0.2, 0.25) is 0 Å². The Balaban J connectivity index is 1.69. The first-order chi connectivity index (χ1) is 13.1. The van der Waals surface area contributed by atoms with Gasteiger partial charge in [0.05, 0.1) is 18.9 Å². The number of H-pyrrole nitrogens is 1. The monoisotopic (exact) mass is 369 g/mol. The molecule has 0 saturated carbocycles. The topological polar surface area (TPSA) is 75.3 Å². The van der Waals surface area contributed by atoms with E-state index in [2.05, 4.69) is 14.9 Å². The van der Waals surface area contributed by atoms with E-state index in [1.54, 1.807) is 12.3 Å². The minimum Gasteiger partial charge on any atom is -0.379 e. The number of aromatic amines is 1. The van der Waals surface area contributed by atoms with E-state index in [0.717, 1.165) is 61.8 Å². The highest BCUT2D eigenvalue weighted by Gasteiger charge is 2.14. The van der Waals surface area contributed by atoms with Gasteiger partial charge >= 0.3 is 0 Å². The number of carbonyl (C=O) groups excluding carboxylic acids is 1. The predicted octanol–water partition coefficient (Wildman–Crippen LogP) is 2.60. The third-order valence-electron chi connectivity index (χ3n) is 5.04. The normalized spacial score (nSPS) is 15.0. The van der Waals surface area contributed by atoms with E-state index in [1.807, 2.05) is 26.0 Å². The standard InChI is InChI=1S/C21H27N3O3/c1-3-16-13-18(15(2)23-21(16)26)19-14-17(6-7-22-19)20(25)5-4-8-24-9-11-27-12-10-24/h6-7,13-14H,3-5,8-12H2,1-2H3,(H,23,26). The van der Waals surface area contributed by atoms with Gasteiger partial charge < -0.3 is 9.72 Å². The molecule has 2 aromatic rings. The average Bonchev–Trinajstić information content (AvgIpc) is 2.69. The van der Waals surface area contributed by atoms with Gasteiger partial charge in [0.25, 0.3) is 5.56 Å². The first-order valence-corrected chi connectivity index (χ1v) is 9.61. The van der Waals surface area contributed by atoms with E-state index in [4.69, 9.17) is 4.74 Å². The fourth-order valence-corrected chi connectivity index (χ4v) is 3.38. The second kappa shape index (κ2) is 9.06. The number of ketones is 1. The number of hydrogen-bond donors (Lipinski definition) is 1. The van der Waals surface area contributed by atoms with Crippen LogP contribution in [-0.4, -0.2) is 53.5 Å². The molecule has 1 saturated heterocycles. The minimum atomic E-state index is -0.0610. The summed E-state index contributed by atoms with van der Waals surface area (Å²) in [6.07, 6.45) is 3.68. The summed E-state index contributed by atoms with van der Waals surface area (Å²) >= 11 is 0. The molecule has 1 aliphatic rings. The number of Topliss-reactive ketones (excluding diaryl/α,β-unsaturated/α-hetero) is 1. The summed E-state index contributed by atoms with van der Waals surface area (Å²) in [7, 11) is 0. The Morgan fingerprint density at radius 2 is 2.07 bits per heavy atom. The molecule has 0 spiro atoms. The number of aryl methyl sites for hydroxylation is 2. The van der Waals surface area contributed by atoms with Crippen LogP contribution in [0.15, 0.2) is 29.2 Å². The van der Waals surface area contributed by atoms with Gasteiger partial charge in [0.15, 0.2) is 5.78 Å². The molecule has 2 aromatic heterocycles. The van der Waals surface area contributed by atoms with Gasteiger partial charge in [-0.3, -0.25) is 19.5 Å².